The minimum atomic E-state index is -1.62. The normalized spacial score (nSPS) is 17.5. The molecule has 1 aliphatic heterocycles. The van der Waals surface area contributed by atoms with Crippen molar-refractivity contribution in [2.24, 2.45) is 0 Å². The molecule has 0 amide bonds. The Morgan fingerprint density at radius 3 is 2.44 bits per heavy atom. The number of carboxylic acid groups (broad SMARTS) is 1. The van der Waals surface area contributed by atoms with E-state index in [0.717, 1.165) is 17.7 Å². The molecule has 0 saturated carbocycles. The van der Waals surface area contributed by atoms with E-state index in [0.29, 0.717) is 24.3 Å². The Bertz CT molecular complexity index is 1380. The molecule has 1 unspecified atom stereocenters. The van der Waals surface area contributed by atoms with Gasteiger partial charge < -0.3 is 15.2 Å². The maximum atomic E-state index is 14.5. The SMILES string of the molecule is CC(NC[C@H]1C[C@@H](c2cc(F)c(C(=O)O)c(F)c2)c2ccccc2O1)c1cccc2ccccc12.Cl. The number of rotatable bonds is 6. The summed E-state index contributed by atoms with van der Waals surface area (Å²) in [4.78, 5) is 11.2. The Labute approximate surface area is 214 Å². The van der Waals surface area contributed by atoms with Gasteiger partial charge in [0.15, 0.2) is 0 Å². The van der Waals surface area contributed by atoms with Crippen LogP contribution in [0.4, 0.5) is 8.78 Å². The van der Waals surface area contributed by atoms with Crippen LogP contribution < -0.4 is 10.1 Å². The molecule has 2 N–H and O–H groups in total. The summed E-state index contributed by atoms with van der Waals surface area (Å²) in [6.07, 6.45) is 0.259. The Morgan fingerprint density at radius 1 is 1.03 bits per heavy atom. The van der Waals surface area contributed by atoms with Crippen LogP contribution >= 0.6 is 12.4 Å². The lowest BCUT2D eigenvalue weighted by Gasteiger charge is -2.33. The van der Waals surface area contributed by atoms with Crippen molar-refractivity contribution in [2.75, 3.05) is 6.54 Å². The van der Waals surface area contributed by atoms with Gasteiger partial charge in [-0.25, -0.2) is 13.6 Å². The molecule has 4 nitrogen and oxygen atoms in total. The first-order valence-electron chi connectivity index (χ1n) is 11.6. The zero-order valence-electron chi connectivity index (χ0n) is 19.6. The third kappa shape index (κ3) is 4.92. The molecule has 0 aliphatic carbocycles. The highest BCUT2D eigenvalue weighted by atomic mass is 35.5. The fourth-order valence-electron chi connectivity index (χ4n) is 4.98. The predicted octanol–water partition coefficient (Wildman–Crippen LogP) is 6.87. The van der Waals surface area contributed by atoms with Crippen LogP contribution in [0.1, 0.15) is 52.4 Å². The quantitative estimate of drug-likeness (QED) is 0.298. The van der Waals surface area contributed by atoms with Crippen molar-refractivity contribution in [1.29, 1.82) is 0 Å². The number of hydrogen-bond donors (Lipinski definition) is 2. The summed E-state index contributed by atoms with van der Waals surface area (Å²) in [6, 6.07) is 24.2. The van der Waals surface area contributed by atoms with Gasteiger partial charge in [-0.1, -0.05) is 60.7 Å². The lowest BCUT2D eigenvalue weighted by Crippen LogP contribution is -2.37. The van der Waals surface area contributed by atoms with Crippen LogP contribution in [-0.4, -0.2) is 23.7 Å². The van der Waals surface area contributed by atoms with Gasteiger partial charge in [-0.15, -0.1) is 12.4 Å². The number of benzene rings is 4. The molecule has 7 heteroatoms. The monoisotopic (exact) mass is 509 g/mol. The molecule has 36 heavy (non-hydrogen) atoms. The largest absolute Gasteiger partial charge is 0.489 e. The lowest BCUT2D eigenvalue weighted by molar-refractivity contribution is 0.0686. The van der Waals surface area contributed by atoms with Crippen molar-refractivity contribution in [1.82, 2.24) is 5.32 Å². The Kier molecular flexibility index (Phi) is 7.57. The minimum Gasteiger partial charge on any atom is -0.489 e. The zero-order chi connectivity index (χ0) is 24.5. The molecular weight excluding hydrogens is 484 g/mol. The Balaban J connectivity index is 0.00000304. The maximum absolute atomic E-state index is 14.5. The molecule has 4 aromatic rings. The molecule has 1 heterocycles. The van der Waals surface area contributed by atoms with Crippen LogP contribution in [0.25, 0.3) is 10.8 Å². The van der Waals surface area contributed by atoms with Gasteiger partial charge in [0.1, 0.15) is 29.1 Å². The van der Waals surface area contributed by atoms with Crippen LogP contribution in [0.3, 0.4) is 0 Å². The topological polar surface area (TPSA) is 58.6 Å². The van der Waals surface area contributed by atoms with Gasteiger partial charge in [-0.2, -0.15) is 0 Å². The number of carboxylic acids is 1. The van der Waals surface area contributed by atoms with Crippen LogP contribution in [0, 0.1) is 11.6 Å². The second kappa shape index (κ2) is 10.6. The van der Waals surface area contributed by atoms with Gasteiger partial charge in [0.25, 0.3) is 0 Å². The number of carbonyl (C=O) groups is 1. The second-order valence-corrected chi connectivity index (χ2v) is 8.93. The summed E-state index contributed by atoms with van der Waals surface area (Å²) >= 11 is 0. The highest BCUT2D eigenvalue weighted by molar-refractivity contribution is 5.88. The van der Waals surface area contributed by atoms with Crippen molar-refractivity contribution in [3.8, 4) is 5.75 Å². The molecular formula is C29H26ClF2NO3. The van der Waals surface area contributed by atoms with E-state index in [1.54, 1.807) is 0 Å². The lowest BCUT2D eigenvalue weighted by atomic mass is 9.83. The van der Waals surface area contributed by atoms with Crippen LogP contribution in [0.2, 0.25) is 0 Å². The van der Waals surface area contributed by atoms with E-state index in [-0.39, 0.29) is 30.5 Å². The molecule has 4 aromatic carbocycles. The summed E-state index contributed by atoms with van der Waals surface area (Å²) in [7, 11) is 0. The van der Waals surface area contributed by atoms with E-state index in [2.05, 4.69) is 36.5 Å². The average molecular weight is 510 g/mol. The number of fused-ring (bicyclic) bond motifs is 2. The first-order chi connectivity index (χ1) is 16.9. The van der Waals surface area contributed by atoms with Crippen molar-refractivity contribution in [2.45, 2.75) is 31.4 Å². The smallest absolute Gasteiger partial charge is 0.341 e. The number of para-hydroxylation sites is 1. The van der Waals surface area contributed by atoms with Gasteiger partial charge in [0, 0.05) is 24.1 Å². The molecule has 0 aromatic heterocycles. The van der Waals surface area contributed by atoms with E-state index >= 15 is 0 Å². The van der Waals surface area contributed by atoms with Crippen LogP contribution in [0.5, 0.6) is 5.75 Å². The highest BCUT2D eigenvalue weighted by Crippen LogP contribution is 2.41. The second-order valence-electron chi connectivity index (χ2n) is 8.93. The number of halogens is 3. The summed E-state index contributed by atoms with van der Waals surface area (Å²) in [5.41, 5.74) is 1.47. The average Bonchev–Trinajstić information content (AvgIpc) is 2.85. The fraction of sp³-hybridized carbons (Fsp3) is 0.207. The highest BCUT2D eigenvalue weighted by Gasteiger charge is 2.31. The predicted molar refractivity (Wildman–Crippen MR) is 138 cm³/mol. The first-order valence-corrected chi connectivity index (χ1v) is 11.6. The van der Waals surface area contributed by atoms with Crippen molar-refractivity contribution < 1.29 is 23.4 Å². The Morgan fingerprint density at radius 2 is 1.69 bits per heavy atom. The summed E-state index contributed by atoms with van der Waals surface area (Å²) < 4.78 is 35.2. The van der Waals surface area contributed by atoms with E-state index in [4.69, 9.17) is 9.84 Å². The molecule has 1 aliphatic rings. The van der Waals surface area contributed by atoms with E-state index in [1.807, 2.05) is 42.5 Å². The van der Waals surface area contributed by atoms with Gasteiger partial charge in [0.2, 0.25) is 0 Å². The zero-order valence-corrected chi connectivity index (χ0v) is 20.4. The summed E-state index contributed by atoms with van der Waals surface area (Å²) in [6.45, 7) is 2.64. The summed E-state index contributed by atoms with van der Waals surface area (Å²) in [5, 5.41) is 15.0. The first kappa shape index (κ1) is 25.6. The number of ether oxygens (including phenoxy) is 1. The number of nitrogens with one attached hydrogen (secondary N) is 1. The molecule has 5 rings (SSSR count). The molecule has 0 bridgehead atoms. The maximum Gasteiger partial charge on any atom is 0.341 e. The van der Waals surface area contributed by atoms with Gasteiger partial charge in [0.05, 0.1) is 0 Å². The van der Waals surface area contributed by atoms with Crippen molar-refractivity contribution in [3.05, 3.63) is 113 Å². The van der Waals surface area contributed by atoms with Crippen molar-refractivity contribution in [3.63, 3.8) is 0 Å². The number of hydrogen-bond acceptors (Lipinski definition) is 3. The molecule has 186 valence electrons. The summed E-state index contributed by atoms with van der Waals surface area (Å²) in [5.74, 6) is -3.43. The molecule has 0 saturated heterocycles. The fourth-order valence-corrected chi connectivity index (χ4v) is 4.98. The molecule has 0 radical (unpaired) electrons. The van der Waals surface area contributed by atoms with E-state index < -0.39 is 23.2 Å². The standard InChI is InChI=1S/C29H25F2NO3.ClH/c1-17(21-11-6-8-18-7-2-3-9-22(18)21)32-16-20-15-24(23-10-4-5-12-27(23)35-20)19-13-25(30)28(29(33)34)26(31)14-19;/h2-14,17,20,24,32H,15-16H2,1H3,(H,33,34);1H/t17?,20-,24+;/m1./s1. The van der Waals surface area contributed by atoms with E-state index in [1.165, 1.54) is 16.3 Å². The van der Waals surface area contributed by atoms with Gasteiger partial charge in [-0.05, 0) is 53.4 Å². The van der Waals surface area contributed by atoms with Crippen molar-refractivity contribution >= 4 is 29.1 Å². The Hall–Kier alpha value is -3.48. The number of aromatic carboxylic acids is 1. The third-order valence-electron chi connectivity index (χ3n) is 6.71. The van der Waals surface area contributed by atoms with E-state index in [9.17, 15) is 13.6 Å². The molecule has 3 atom stereocenters. The van der Waals surface area contributed by atoms with Crippen LogP contribution in [0.15, 0.2) is 78.9 Å². The minimum absolute atomic E-state index is 0. The molecule has 0 spiro atoms. The third-order valence-corrected chi connectivity index (χ3v) is 6.71. The van der Waals surface area contributed by atoms with Gasteiger partial charge >= 0.3 is 5.97 Å². The van der Waals surface area contributed by atoms with Crippen LogP contribution in [-0.2, 0) is 0 Å². The van der Waals surface area contributed by atoms with Gasteiger partial charge in [-0.3, -0.25) is 0 Å². The molecule has 0 fully saturated rings.